The summed E-state index contributed by atoms with van der Waals surface area (Å²) in [5.41, 5.74) is 2.95. The Morgan fingerprint density at radius 2 is 2.12 bits per heavy atom. The van der Waals surface area contributed by atoms with Gasteiger partial charge in [0.1, 0.15) is 5.75 Å². The highest BCUT2D eigenvalue weighted by atomic mass is 16.5. The normalized spacial score (nSPS) is 15.9. The molecular formula is C14H21NO. The van der Waals surface area contributed by atoms with Crippen LogP contribution >= 0.6 is 0 Å². The number of ether oxygens (including phenoxy) is 1. The van der Waals surface area contributed by atoms with E-state index >= 15 is 0 Å². The van der Waals surface area contributed by atoms with Crippen LogP contribution in [-0.4, -0.2) is 24.6 Å². The highest BCUT2D eigenvalue weighted by Crippen LogP contribution is 2.23. The molecule has 0 spiro atoms. The largest absolute Gasteiger partial charge is 0.494 e. The zero-order valence-electron chi connectivity index (χ0n) is 10.3. The van der Waals surface area contributed by atoms with Gasteiger partial charge in [-0.2, -0.15) is 0 Å². The van der Waals surface area contributed by atoms with E-state index in [-0.39, 0.29) is 0 Å². The first-order chi connectivity index (χ1) is 7.83. The molecule has 0 N–H and O–H groups in total. The number of nitrogens with zero attached hydrogens (tertiary/aromatic N) is 1. The van der Waals surface area contributed by atoms with Crippen molar-refractivity contribution in [3.63, 3.8) is 0 Å². The molecule has 1 aromatic carbocycles. The van der Waals surface area contributed by atoms with Crippen molar-refractivity contribution < 1.29 is 4.74 Å². The van der Waals surface area contributed by atoms with Gasteiger partial charge in [0.2, 0.25) is 0 Å². The maximum Gasteiger partial charge on any atom is 0.119 e. The summed E-state index contributed by atoms with van der Waals surface area (Å²) < 4.78 is 5.53. The molecular weight excluding hydrogens is 198 g/mol. The van der Waals surface area contributed by atoms with E-state index in [1.807, 2.05) is 6.92 Å². The monoisotopic (exact) mass is 219 g/mol. The first-order valence-electron chi connectivity index (χ1n) is 6.30. The minimum Gasteiger partial charge on any atom is -0.494 e. The topological polar surface area (TPSA) is 12.5 Å². The molecule has 0 unspecified atom stereocenters. The van der Waals surface area contributed by atoms with Crippen LogP contribution in [0.4, 0.5) is 0 Å². The van der Waals surface area contributed by atoms with Crippen molar-refractivity contribution in [2.45, 2.75) is 33.2 Å². The van der Waals surface area contributed by atoms with Crippen LogP contribution < -0.4 is 4.74 Å². The lowest BCUT2D eigenvalue weighted by molar-refractivity contribution is 0.254. The molecule has 0 bridgehead atoms. The van der Waals surface area contributed by atoms with Crippen molar-refractivity contribution in [3.8, 4) is 5.75 Å². The molecule has 0 radical (unpaired) electrons. The fraction of sp³-hybridized carbons (Fsp3) is 0.571. The minimum atomic E-state index is 0.751. The Balaban J connectivity index is 2.09. The summed E-state index contributed by atoms with van der Waals surface area (Å²) in [7, 11) is 0. The number of benzene rings is 1. The molecule has 0 amide bonds. The lowest BCUT2D eigenvalue weighted by Gasteiger charge is -2.28. The molecule has 0 atom stereocenters. The van der Waals surface area contributed by atoms with Crippen LogP contribution in [0.1, 0.15) is 31.4 Å². The predicted octanol–water partition coefficient (Wildman–Crippen LogP) is 2.85. The Hall–Kier alpha value is -1.02. The van der Waals surface area contributed by atoms with Gasteiger partial charge < -0.3 is 4.74 Å². The quantitative estimate of drug-likeness (QED) is 0.772. The van der Waals surface area contributed by atoms with Crippen molar-refractivity contribution >= 4 is 0 Å². The summed E-state index contributed by atoms with van der Waals surface area (Å²) in [5.74, 6) is 1.02. The lowest BCUT2D eigenvalue weighted by Crippen LogP contribution is -2.31. The molecule has 0 aliphatic carbocycles. The molecule has 1 aromatic rings. The standard InChI is InChI=1S/C14H21NO/c1-3-8-15-9-7-12-10-14(16-4-2)6-5-13(12)11-15/h5-6,10H,3-4,7-9,11H2,1-2H3. The fourth-order valence-corrected chi connectivity index (χ4v) is 2.35. The highest BCUT2D eigenvalue weighted by Gasteiger charge is 2.15. The first-order valence-corrected chi connectivity index (χ1v) is 6.30. The van der Waals surface area contributed by atoms with Crippen LogP contribution in [0.3, 0.4) is 0 Å². The lowest BCUT2D eigenvalue weighted by atomic mass is 9.99. The molecule has 0 aromatic heterocycles. The van der Waals surface area contributed by atoms with Gasteiger partial charge in [-0.3, -0.25) is 4.90 Å². The number of hydrogen-bond donors (Lipinski definition) is 0. The molecule has 0 saturated heterocycles. The number of fused-ring (bicyclic) bond motifs is 1. The van der Waals surface area contributed by atoms with Crippen molar-refractivity contribution in [2.75, 3.05) is 19.7 Å². The Kier molecular flexibility index (Phi) is 3.83. The molecule has 2 nitrogen and oxygen atoms in total. The SMILES string of the molecule is CCCN1CCc2cc(OCC)ccc2C1. The zero-order chi connectivity index (χ0) is 11.4. The average Bonchev–Trinajstić information content (AvgIpc) is 2.30. The van der Waals surface area contributed by atoms with E-state index < -0.39 is 0 Å². The Bertz CT molecular complexity index is 349. The Morgan fingerprint density at radius 1 is 1.25 bits per heavy atom. The third kappa shape index (κ3) is 2.56. The first kappa shape index (κ1) is 11.5. The molecule has 88 valence electrons. The van der Waals surface area contributed by atoms with E-state index in [1.54, 1.807) is 0 Å². The van der Waals surface area contributed by atoms with Gasteiger partial charge in [0, 0.05) is 13.1 Å². The van der Waals surface area contributed by atoms with Crippen LogP contribution in [-0.2, 0) is 13.0 Å². The molecule has 2 rings (SSSR count). The summed E-state index contributed by atoms with van der Waals surface area (Å²) in [6.07, 6.45) is 2.41. The third-order valence-electron chi connectivity index (χ3n) is 3.12. The van der Waals surface area contributed by atoms with E-state index in [4.69, 9.17) is 4.74 Å². The number of hydrogen-bond acceptors (Lipinski definition) is 2. The van der Waals surface area contributed by atoms with E-state index in [0.717, 1.165) is 25.3 Å². The maximum absolute atomic E-state index is 5.53. The smallest absolute Gasteiger partial charge is 0.119 e. The second-order valence-corrected chi connectivity index (χ2v) is 4.39. The van der Waals surface area contributed by atoms with E-state index in [0.29, 0.717) is 0 Å². The molecule has 1 heterocycles. The molecule has 16 heavy (non-hydrogen) atoms. The summed E-state index contributed by atoms with van der Waals surface area (Å²) in [4.78, 5) is 2.53. The van der Waals surface area contributed by atoms with E-state index in [2.05, 4.69) is 30.0 Å². The van der Waals surface area contributed by atoms with Crippen LogP contribution in [0.2, 0.25) is 0 Å². The molecule has 1 aliphatic heterocycles. The van der Waals surface area contributed by atoms with Gasteiger partial charge in [0.05, 0.1) is 6.61 Å². The molecule has 0 saturated carbocycles. The second-order valence-electron chi connectivity index (χ2n) is 4.39. The van der Waals surface area contributed by atoms with Crippen molar-refractivity contribution in [1.29, 1.82) is 0 Å². The fourth-order valence-electron chi connectivity index (χ4n) is 2.35. The van der Waals surface area contributed by atoms with Gasteiger partial charge in [-0.1, -0.05) is 13.0 Å². The van der Waals surface area contributed by atoms with Crippen molar-refractivity contribution in [2.24, 2.45) is 0 Å². The van der Waals surface area contributed by atoms with E-state index in [1.165, 1.54) is 30.6 Å². The minimum absolute atomic E-state index is 0.751. The summed E-state index contributed by atoms with van der Waals surface area (Å²) in [5, 5.41) is 0. The van der Waals surface area contributed by atoms with Gasteiger partial charge in [0.25, 0.3) is 0 Å². The zero-order valence-corrected chi connectivity index (χ0v) is 10.3. The van der Waals surface area contributed by atoms with Crippen LogP contribution in [0, 0.1) is 0 Å². The molecule has 2 heteroatoms. The van der Waals surface area contributed by atoms with Gasteiger partial charge in [0.15, 0.2) is 0 Å². The van der Waals surface area contributed by atoms with Gasteiger partial charge >= 0.3 is 0 Å². The Morgan fingerprint density at radius 3 is 2.88 bits per heavy atom. The average molecular weight is 219 g/mol. The van der Waals surface area contributed by atoms with E-state index in [9.17, 15) is 0 Å². The third-order valence-corrected chi connectivity index (χ3v) is 3.12. The molecule has 0 fully saturated rings. The van der Waals surface area contributed by atoms with Gasteiger partial charge in [-0.15, -0.1) is 0 Å². The second kappa shape index (κ2) is 5.35. The predicted molar refractivity (Wildman–Crippen MR) is 66.9 cm³/mol. The summed E-state index contributed by atoms with van der Waals surface area (Å²) in [6.45, 7) is 8.54. The Labute approximate surface area is 98.2 Å². The van der Waals surface area contributed by atoms with Gasteiger partial charge in [-0.05, 0) is 49.6 Å². The number of rotatable bonds is 4. The summed E-state index contributed by atoms with van der Waals surface area (Å²) >= 11 is 0. The van der Waals surface area contributed by atoms with Crippen LogP contribution in [0.5, 0.6) is 5.75 Å². The van der Waals surface area contributed by atoms with Crippen molar-refractivity contribution in [3.05, 3.63) is 29.3 Å². The maximum atomic E-state index is 5.53. The van der Waals surface area contributed by atoms with Crippen molar-refractivity contribution in [1.82, 2.24) is 4.90 Å². The van der Waals surface area contributed by atoms with Crippen LogP contribution in [0.25, 0.3) is 0 Å². The summed E-state index contributed by atoms with van der Waals surface area (Å²) in [6, 6.07) is 6.53. The molecule has 1 aliphatic rings. The highest BCUT2D eigenvalue weighted by molar-refractivity contribution is 5.37. The van der Waals surface area contributed by atoms with Crippen LogP contribution in [0.15, 0.2) is 18.2 Å². The van der Waals surface area contributed by atoms with Gasteiger partial charge in [-0.25, -0.2) is 0 Å².